The molecular formula is C16H17FN4O. The van der Waals surface area contributed by atoms with Gasteiger partial charge in [0.05, 0.1) is 0 Å². The number of carbonyl (C=O) groups is 1. The van der Waals surface area contributed by atoms with Crippen LogP contribution in [0.5, 0.6) is 0 Å². The molecular weight excluding hydrogens is 283 g/mol. The third-order valence-electron chi connectivity index (χ3n) is 3.39. The topological polar surface area (TPSA) is 66.9 Å². The fraction of sp³-hybridized carbons (Fsp3) is 0.312. The van der Waals surface area contributed by atoms with Gasteiger partial charge in [-0.2, -0.15) is 0 Å². The Hall–Kier alpha value is -2.50. The molecule has 0 aliphatic heterocycles. The van der Waals surface area contributed by atoms with Crippen molar-refractivity contribution >= 4 is 11.9 Å². The van der Waals surface area contributed by atoms with Crippen LogP contribution >= 0.6 is 0 Å². The number of halogens is 1. The average molecular weight is 300 g/mol. The van der Waals surface area contributed by atoms with E-state index in [0.717, 1.165) is 12.8 Å². The van der Waals surface area contributed by atoms with E-state index in [1.807, 2.05) is 0 Å². The van der Waals surface area contributed by atoms with Crippen molar-refractivity contribution in [2.24, 2.45) is 0 Å². The largest absolute Gasteiger partial charge is 0.350 e. The summed E-state index contributed by atoms with van der Waals surface area (Å²) < 4.78 is 13.6. The van der Waals surface area contributed by atoms with Crippen molar-refractivity contribution < 1.29 is 9.18 Å². The first kappa shape index (κ1) is 14.4. The second kappa shape index (κ2) is 6.09. The number of anilines is 1. The number of aryl methyl sites for hydroxylation is 1. The first-order valence-electron chi connectivity index (χ1n) is 7.25. The van der Waals surface area contributed by atoms with Crippen molar-refractivity contribution in [3.63, 3.8) is 0 Å². The van der Waals surface area contributed by atoms with Crippen molar-refractivity contribution in [2.75, 3.05) is 5.32 Å². The summed E-state index contributed by atoms with van der Waals surface area (Å²) in [4.78, 5) is 20.5. The van der Waals surface area contributed by atoms with E-state index in [-0.39, 0.29) is 24.3 Å². The van der Waals surface area contributed by atoms with Crippen molar-refractivity contribution in [1.82, 2.24) is 15.3 Å². The summed E-state index contributed by atoms with van der Waals surface area (Å²) in [5.41, 5.74) is 1.54. The van der Waals surface area contributed by atoms with Gasteiger partial charge in [0.15, 0.2) is 0 Å². The van der Waals surface area contributed by atoms with Crippen molar-refractivity contribution in [2.45, 2.75) is 32.4 Å². The van der Waals surface area contributed by atoms with Crippen LogP contribution in [0.4, 0.5) is 10.3 Å². The monoisotopic (exact) mass is 300 g/mol. The van der Waals surface area contributed by atoms with E-state index in [2.05, 4.69) is 20.6 Å². The predicted molar refractivity (Wildman–Crippen MR) is 81.0 cm³/mol. The number of nitrogens with zero attached hydrogens (tertiary/aromatic N) is 2. The molecule has 0 saturated heterocycles. The van der Waals surface area contributed by atoms with E-state index in [4.69, 9.17) is 0 Å². The summed E-state index contributed by atoms with van der Waals surface area (Å²) in [5, 5.41) is 5.86. The maximum absolute atomic E-state index is 13.6. The van der Waals surface area contributed by atoms with E-state index >= 15 is 0 Å². The number of carbonyl (C=O) groups excluding carboxylic acids is 1. The first-order valence-corrected chi connectivity index (χ1v) is 7.25. The van der Waals surface area contributed by atoms with Gasteiger partial charge in [0.2, 0.25) is 5.95 Å². The predicted octanol–water partition coefficient (Wildman–Crippen LogP) is 2.43. The third-order valence-corrected chi connectivity index (χ3v) is 3.39. The lowest BCUT2D eigenvalue weighted by molar-refractivity contribution is 0.0946. The number of aromatic nitrogens is 2. The second-order valence-corrected chi connectivity index (χ2v) is 5.41. The summed E-state index contributed by atoms with van der Waals surface area (Å²) in [5.74, 6) is -0.152. The van der Waals surface area contributed by atoms with Crippen molar-refractivity contribution in [3.8, 4) is 0 Å². The molecule has 0 atom stereocenters. The van der Waals surface area contributed by atoms with Crippen molar-refractivity contribution in [3.05, 3.63) is 53.1 Å². The highest BCUT2D eigenvalue weighted by Crippen LogP contribution is 2.19. The lowest BCUT2D eigenvalue weighted by atomic mass is 10.2. The third kappa shape index (κ3) is 3.58. The van der Waals surface area contributed by atoms with E-state index in [0.29, 0.717) is 22.9 Å². The second-order valence-electron chi connectivity index (χ2n) is 5.41. The molecule has 0 radical (unpaired) electrons. The van der Waals surface area contributed by atoms with E-state index in [1.165, 1.54) is 6.07 Å². The van der Waals surface area contributed by atoms with Gasteiger partial charge in [-0.25, -0.2) is 14.4 Å². The zero-order chi connectivity index (χ0) is 15.5. The highest BCUT2D eigenvalue weighted by Gasteiger charge is 2.24. The lowest BCUT2D eigenvalue weighted by Gasteiger charge is -2.09. The molecule has 1 aliphatic rings. The Morgan fingerprint density at radius 2 is 2.09 bits per heavy atom. The Morgan fingerprint density at radius 3 is 2.82 bits per heavy atom. The van der Waals surface area contributed by atoms with Gasteiger partial charge >= 0.3 is 0 Å². The van der Waals surface area contributed by atoms with Crippen LogP contribution in [0.2, 0.25) is 0 Å². The molecule has 0 spiro atoms. The summed E-state index contributed by atoms with van der Waals surface area (Å²) in [6, 6.07) is 8.43. The zero-order valence-electron chi connectivity index (χ0n) is 12.3. The Balaban J connectivity index is 1.71. The van der Waals surface area contributed by atoms with Gasteiger partial charge in [-0.1, -0.05) is 18.2 Å². The standard InChI is InChI=1S/C16H17FN4O/c1-10-8-14(15(22)20-12-6-7-12)21-16(19-10)18-9-11-4-2-3-5-13(11)17/h2-5,8,12H,6-7,9H2,1H3,(H,20,22)(H,18,19,21). The maximum atomic E-state index is 13.6. The molecule has 22 heavy (non-hydrogen) atoms. The molecule has 1 aliphatic carbocycles. The smallest absolute Gasteiger partial charge is 0.270 e. The molecule has 1 aromatic carbocycles. The van der Waals surface area contributed by atoms with Gasteiger partial charge in [-0.3, -0.25) is 4.79 Å². The maximum Gasteiger partial charge on any atom is 0.270 e. The molecule has 1 fully saturated rings. The van der Waals surface area contributed by atoms with Crippen LogP contribution < -0.4 is 10.6 Å². The quantitative estimate of drug-likeness (QED) is 0.890. The molecule has 1 heterocycles. The number of rotatable bonds is 5. The molecule has 5 nitrogen and oxygen atoms in total. The zero-order valence-corrected chi connectivity index (χ0v) is 12.3. The van der Waals surface area contributed by atoms with Crippen LogP contribution in [0.1, 0.15) is 34.6 Å². The van der Waals surface area contributed by atoms with Crippen LogP contribution in [0.15, 0.2) is 30.3 Å². The van der Waals surface area contributed by atoms with Gasteiger partial charge < -0.3 is 10.6 Å². The van der Waals surface area contributed by atoms with Crippen LogP contribution in [-0.4, -0.2) is 21.9 Å². The van der Waals surface area contributed by atoms with Crippen LogP contribution in [0, 0.1) is 12.7 Å². The van der Waals surface area contributed by atoms with Crippen LogP contribution in [-0.2, 0) is 6.54 Å². The molecule has 2 aromatic rings. The highest BCUT2D eigenvalue weighted by atomic mass is 19.1. The highest BCUT2D eigenvalue weighted by molar-refractivity contribution is 5.93. The first-order chi connectivity index (χ1) is 10.6. The molecule has 0 bridgehead atoms. The summed E-state index contributed by atoms with van der Waals surface area (Å²) in [6.45, 7) is 2.06. The van der Waals surface area contributed by atoms with E-state index in [1.54, 1.807) is 31.2 Å². The number of nitrogens with one attached hydrogen (secondary N) is 2. The SMILES string of the molecule is Cc1cc(C(=O)NC2CC2)nc(NCc2ccccc2F)n1. The minimum absolute atomic E-state index is 0.193. The number of benzene rings is 1. The molecule has 1 amide bonds. The van der Waals surface area contributed by atoms with Crippen LogP contribution in [0.25, 0.3) is 0 Å². The van der Waals surface area contributed by atoms with Gasteiger partial charge in [-0.05, 0) is 31.9 Å². The molecule has 0 unspecified atom stereocenters. The molecule has 1 saturated carbocycles. The van der Waals surface area contributed by atoms with Gasteiger partial charge in [-0.15, -0.1) is 0 Å². The fourth-order valence-electron chi connectivity index (χ4n) is 2.07. The van der Waals surface area contributed by atoms with Crippen molar-refractivity contribution in [1.29, 1.82) is 0 Å². The Bertz CT molecular complexity index is 700. The Kier molecular flexibility index (Phi) is 4.00. The lowest BCUT2D eigenvalue weighted by Crippen LogP contribution is -2.26. The number of hydrogen-bond donors (Lipinski definition) is 2. The molecule has 3 rings (SSSR count). The molecule has 6 heteroatoms. The van der Waals surface area contributed by atoms with Gasteiger partial charge in [0.25, 0.3) is 5.91 Å². The number of hydrogen-bond acceptors (Lipinski definition) is 4. The minimum Gasteiger partial charge on any atom is -0.350 e. The van der Waals surface area contributed by atoms with E-state index in [9.17, 15) is 9.18 Å². The normalized spacial score (nSPS) is 13.7. The van der Waals surface area contributed by atoms with Crippen LogP contribution in [0.3, 0.4) is 0 Å². The van der Waals surface area contributed by atoms with E-state index < -0.39 is 0 Å². The minimum atomic E-state index is -0.283. The number of amides is 1. The fourth-order valence-corrected chi connectivity index (χ4v) is 2.07. The molecule has 2 N–H and O–H groups in total. The Morgan fingerprint density at radius 1 is 1.32 bits per heavy atom. The summed E-state index contributed by atoms with van der Waals surface area (Å²) >= 11 is 0. The average Bonchev–Trinajstić information content (AvgIpc) is 3.30. The summed E-state index contributed by atoms with van der Waals surface area (Å²) in [6.07, 6.45) is 2.04. The molecule has 1 aromatic heterocycles. The Labute approximate surface area is 128 Å². The van der Waals surface area contributed by atoms with Gasteiger partial charge in [0.1, 0.15) is 11.5 Å². The molecule has 114 valence electrons. The summed E-state index contributed by atoms with van der Waals surface area (Å²) in [7, 11) is 0. The van der Waals surface area contributed by atoms with Gasteiger partial charge in [0, 0.05) is 23.8 Å².